The average molecular weight is 381 g/mol. The van der Waals surface area contributed by atoms with Crippen LogP contribution >= 0.6 is 12.4 Å². The Morgan fingerprint density at radius 1 is 1.31 bits per heavy atom. The standard InChI is InChI=1S/C18H28N6O.ClH/c1-4-23-14(3)17(13(2)21-23)7-8-20-18(25)6-5-15-11-16-12-19-9-10-24(16)22-15;/h11,19H,4-10,12H2,1-3H3,(H,20,25);1H. The van der Waals surface area contributed by atoms with E-state index in [1.54, 1.807) is 0 Å². The van der Waals surface area contributed by atoms with Crippen LogP contribution in [0.3, 0.4) is 0 Å². The van der Waals surface area contributed by atoms with Crippen molar-refractivity contribution in [3.8, 4) is 0 Å². The summed E-state index contributed by atoms with van der Waals surface area (Å²) >= 11 is 0. The van der Waals surface area contributed by atoms with Gasteiger partial charge >= 0.3 is 0 Å². The Morgan fingerprint density at radius 3 is 2.81 bits per heavy atom. The first-order valence-electron chi connectivity index (χ1n) is 9.14. The highest BCUT2D eigenvalue weighted by Crippen LogP contribution is 2.13. The summed E-state index contributed by atoms with van der Waals surface area (Å²) < 4.78 is 4.06. The number of rotatable bonds is 7. The molecule has 1 aliphatic rings. The number of amides is 1. The average Bonchev–Trinajstić information content (AvgIpc) is 3.14. The fourth-order valence-electron chi connectivity index (χ4n) is 3.44. The number of nitrogens with one attached hydrogen (secondary N) is 2. The summed E-state index contributed by atoms with van der Waals surface area (Å²) in [5.41, 5.74) is 5.72. The molecule has 0 atom stereocenters. The van der Waals surface area contributed by atoms with Crippen molar-refractivity contribution in [1.82, 2.24) is 30.2 Å². The summed E-state index contributed by atoms with van der Waals surface area (Å²) in [5.74, 6) is 0.0855. The van der Waals surface area contributed by atoms with E-state index in [1.807, 2.05) is 16.3 Å². The molecule has 1 aliphatic heterocycles. The fourth-order valence-corrected chi connectivity index (χ4v) is 3.44. The number of carbonyl (C=O) groups is 1. The molecular formula is C18H29ClN6O. The van der Waals surface area contributed by atoms with Crippen LogP contribution < -0.4 is 10.6 Å². The van der Waals surface area contributed by atoms with Crippen molar-refractivity contribution < 1.29 is 4.79 Å². The van der Waals surface area contributed by atoms with Crippen molar-refractivity contribution >= 4 is 18.3 Å². The van der Waals surface area contributed by atoms with Gasteiger partial charge in [-0.3, -0.25) is 14.2 Å². The highest BCUT2D eigenvalue weighted by atomic mass is 35.5. The Hall–Kier alpha value is -1.86. The van der Waals surface area contributed by atoms with E-state index in [2.05, 4.69) is 40.7 Å². The molecule has 2 aromatic heterocycles. The highest BCUT2D eigenvalue weighted by molar-refractivity contribution is 5.85. The van der Waals surface area contributed by atoms with Gasteiger partial charge in [0.1, 0.15) is 0 Å². The van der Waals surface area contributed by atoms with Crippen molar-refractivity contribution in [3.05, 3.63) is 34.4 Å². The first-order chi connectivity index (χ1) is 12.1. The van der Waals surface area contributed by atoms with Gasteiger partial charge in [0.2, 0.25) is 5.91 Å². The van der Waals surface area contributed by atoms with Gasteiger partial charge in [0.05, 0.1) is 23.6 Å². The lowest BCUT2D eigenvalue weighted by Gasteiger charge is -2.13. The largest absolute Gasteiger partial charge is 0.356 e. The van der Waals surface area contributed by atoms with Crippen LogP contribution in [0.25, 0.3) is 0 Å². The Labute approximate surface area is 160 Å². The summed E-state index contributed by atoms with van der Waals surface area (Å²) in [4.78, 5) is 12.1. The number of nitrogens with zero attached hydrogens (tertiary/aromatic N) is 4. The van der Waals surface area contributed by atoms with Crippen molar-refractivity contribution in [2.45, 2.75) is 59.7 Å². The Bertz CT molecular complexity index is 728. The first-order valence-corrected chi connectivity index (χ1v) is 9.14. The molecule has 0 saturated carbocycles. The normalized spacial score (nSPS) is 13.2. The molecular weight excluding hydrogens is 352 g/mol. The molecule has 0 saturated heterocycles. The lowest BCUT2D eigenvalue weighted by Crippen LogP contribution is -2.28. The van der Waals surface area contributed by atoms with Crippen molar-refractivity contribution in [3.63, 3.8) is 0 Å². The minimum atomic E-state index is 0. The van der Waals surface area contributed by atoms with E-state index >= 15 is 0 Å². The zero-order chi connectivity index (χ0) is 17.8. The number of aryl methyl sites for hydroxylation is 3. The number of aromatic nitrogens is 4. The second-order valence-corrected chi connectivity index (χ2v) is 6.59. The van der Waals surface area contributed by atoms with E-state index in [1.165, 1.54) is 17.0 Å². The summed E-state index contributed by atoms with van der Waals surface area (Å²) in [6, 6.07) is 2.10. The molecule has 144 valence electrons. The zero-order valence-corrected chi connectivity index (χ0v) is 16.7. The Kier molecular flexibility index (Phi) is 7.23. The molecule has 7 nitrogen and oxygen atoms in total. The Morgan fingerprint density at radius 2 is 2.12 bits per heavy atom. The Balaban J connectivity index is 0.00000243. The molecule has 0 aliphatic carbocycles. The van der Waals surface area contributed by atoms with E-state index < -0.39 is 0 Å². The van der Waals surface area contributed by atoms with Crippen molar-refractivity contribution in [2.75, 3.05) is 13.1 Å². The molecule has 1 amide bonds. The van der Waals surface area contributed by atoms with Crippen LogP contribution in [0.5, 0.6) is 0 Å². The van der Waals surface area contributed by atoms with Gasteiger partial charge in [-0.15, -0.1) is 12.4 Å². The summed E-state index contributed by atoms with van der Waals surface area (Å²) in [6.07, 6.45) is 2.00. The zero-order valence-electron chi connectivity index (χ0n) is 15.8. The number of hydrogen-bond acceptors (Lipinski definition) is 4. The second-order valence-electron chi connectivity index (χ2n) is 6.59. The van der Waals surface area contributed by atoms with Crippen LogP contribution in [-0.2, 0) is 37.3 Å². The lowest BCUT2D eigenvalue weighted by molar-refractivity contribution is -0.121. The van der Waals surface area contributed by atoms with Crippen LogP contribution in [0.15, 0.2) is 6.07 Å². The van der Waals surface area contributed by atoms with Crippen molar-refractivity contribution in [1.29, 1.82) is 0 Å². The number of hydrogen-bond donors (Lipinski definition) is 2. The van der Waals surface area contributed by atoms with Gasteiger partial charge in [0.15, 0.2) is 0 Å². The molecule has 26 heavy (non-hydrogen) atoms. The van der Waals surface area contributed by atoms with E-state index in [0.29, 0.717) is 19.4 Å². The second kappa shape index (κ2) is 9.19. The quantitative estimate of drug-likeness (QED) is 0.763. The van der Waals surface area contributed by atoms with E-state index in [9.17, 15) is 4.79 Å². The van der Waals surface area contributed by atoms with Crippen LogP contribution in [0.4, 0.5) is 0 Å². The maximum atomic E-state index is 12.1. The topological polar surface area (TPSA) is 76.8 Å². The molecule has 0 unspecified atom stereocenters. The molecule has 3 rings (SSSR count). The first kappa shape index (κ1) is 20.5. The fraction of sp³-hybridized carbons (Fsp3) is 0.611. The third kappa shape index (κ3) is 4.65. The minimum Gasteiger partial charge on any atom is -0.356 e. The van der Waals surface area contributed by atoms with Crippen molar-refractivity contribution in [2.24, 2.45) is 0 Å². The van der Waals surface area contributed by atoms with Crippen LogP contribution in [0.2, 0.25) is 0 Å². The van der Waals surface area contributed by atoms with Gasteiger partial charge in [-0.25, -0.2) is 0 Å². The molecule has 8 heteroatoms. The number of halogens is 1. The molecule has 0 aromatic carbocycles. The van der Waals surface area contributed by atoms with E-state index in [-0.39, 0.29) is 18.3 Å². The van der Waals surface area contributed by atoms with Crippen LogP contribution in [0.1, 0.15) is 41.7 Å². The molecule has 2 aromatic rings. The van der Waals surface area contributed by atoms with Gasteiger partial charge < -0.3 is 10.6 Å². The monoisotopic (exact) mass is 380 g/mol. The van der Waals surface area contributed by atoms with E-state index in [4.69, 9.17) is 0 Å². The predicted octanol–water partition coefficient (Wildman–Crippen LogP) is 1.53. The molecule has 0 bridgehead atoms. The van der Waals surface area contributed by atoms with Gasteiger partial charge in [0.25, 0.3) is 0 Å². The molecule has 0 radical (unpaired) electrons. The third-order valence-electron chi connectivity index (χ3n) is 4.86. The highest BCUT2D eigenvalue weighted by Gasteiger charge is 2.13. The minimum absolute atomic E-state index is 0. The summed E-state index contributed by atoms with van der Waals surface area (Å²) in [5, 5.41) is 15.4. The number of fused-ring (bicyclic) bond motifs is 1. The smallest absolute Gasteiger partial charge is 0.220 e. The van der Waals surface area contributed by atoms with E-state index in [0.717, 1.165) is 44.0 Å². The number of carbonyl (C=O) groups excluding carboxylic acids is 1. The maximum Gasteiger partial charge on any atom is 0.220 e. The molecule has 2 N–H and O–H groups in total. The van der Waals surface area contributed by atoms with Crippen LogP contribution in [0, 0.1) is 13.8 Å². The van der Waals surface area contributed by atoms with Gasteiger partial charge in [-0.1, -0.05) is 0 Å². The summed E-state index contributed by atoms with van der Waals surface area (Å²) in [6.45, 7) is 10.5. The molecule has 0 fully saturated rings. The maximum absolute atomic E-state index is 12.1. The van der Waals surface area contributed by atoms with Gasteiger partial charge in [-0.2, -0.15) is 10.2 Å². The molecule has 0 spiro atoms. The van der Waals surface area contributed by atoms with Gasteiger partial charge in [0, 0.05) is 44.7 Å². The molecule has 3 heterocycles. The third-order valence-corrected chi connectivity index (χ3v) is 4.86. The predicted molar refractivity (Wildman–Crippen MR) is 104 cm³/mol. The van der Waals surface area contributed by atoms with Gasteiger partial charge in [-0.05, 0) is 38.8 Å². The van der Waals surface area contributed by atoms with Crippen LogP contribution in [-0.4, -0.2) is 38.6 Å². The lowest BCUT2D eigenvalue weighted by atomic mass is 10.1. The SMILES string of the molecule is CCn1nc(C)c(CCNC(=O)CCc2cc3n(n2)CCNC3)c1C.Cl. The summed E-state index contributed by atoms with van der Waals surface area (Å²) in [7, 11) is 0.